The number of carbonyl (C=O) groups is 1. The number of likely N-dealkylation sites (N-methyl/N-ethyl adjacent to an activating group) is 1. The molecule has 0 aliphatic rings. The number of nitrogens with one attached hydrogen (secondary N) is 1. The minimum atomic E-state index is -0.0422. The first-order chi connectivity index (χ1) is 9.52. The van der Waals surface area contributed by atoms with Gasteiger partial charge in [-0.05, 0) is 51.7 Å². The smallest absolute Gasteiger partial charge is 0.251 e. The predicted molar refractivity (Wildman–Crippen MR) is 82.3 cm³/mol. The highest BCUT2D eigenvalue weighted by Crippen LogP contribution is 2.12. The number of hydrogen-bond acceptors (Lipinski definition) is 3. The zero-order valence-corrected chi connectivity index (χ0v) is 13.0. The molecule has 0 saturated carbocycles. The molecular formula is C16H26N2O2. The Bertz CT molecular complexity index is 401. The summed E-state index contributed by atoms with van der Waals surface area (Å²) in [4.78, 5) is 14.1. The molecule has 1 aromatic carbocycles. The number of rotatable bonds is 8. The Hall–Kier alpha value is -1.55. The second-order valence-corrected chi connectivity index (χ2v) is 5.36. The van der Waals surface area contributed by atoms with E-state index in [9.17, 15) is 4.79 Å². The molecular weight excluding hydrogens is 252 g/mol. The highest BCUT2D eigenvalue weighted by Gasteiger charge is 2.10. The van der Waals surface area contributed by atoms with E-state index in [0.29, 0.717) is 5.56 Å². The molecule has 0 aliphatic carbocycles. The quantitative estimate of drug-likeness (QED) is 0.743. The van der Waals surface area contributed by atoms with E-state index in [0.717, 1.165) is 31.7 Å². The number of unbranched alkanes of at least 4 members (excludes halogenated alkanes) is 1. The molecule has 20 heavy (non-hydrogen) atoms. The fourth-order valence-corrected chi connectivity index (χ4v) is 1.94. The third kappa shape index (κ3) is 6.06. The average Bonchev–Trinajstić information content (AvgIpc) is 2.38. The van der Waals surface area contributed by atoms with Crippen LogP contribution in [0.5, 0.6) is 5.75 Å². The summed E-state index contributed by atoms with van der Waals surface area (Å²) in [6.45, 7) is 5.68. The fraction of sp³-hybridized carbons (Fsp3) is 0.562. The van der Waals surface area contributed by atoms with Crippen LogP contribution < -0.4 is 10.1 Å². The highest BCUT2D eigenvalue weighted by molar-refractivity contribution is 5.94. The minimum absolute atomic E-state index is 0.0422. The summed E-state index contributed by atoms with van der Waals surface area (Å²) in [7, 11) is 3.98. The van der Waals surface area contributed by atoms with Crippen LogP contribution in [0.15, 0.2) is 24.3 Å². The predicted octanol–water partition coefficient (Wildman–Crippen LogP) is 2.55. The molecule has 1 N–H and O–H groups in total. The SMILES string of the molecule is CCCCOc1ccc(C(=O)NC(C)CN(C)C)cc1. The first kappa shape index (κ1) is 16.5. The number of amides is 1. The Morgan fingerprint density at radius 1 is 1.30 bits per heavy atom. The van der Waals surface area contributed by atoms with Gasteiger partial charge in [-0.1, -0.05) is 13.3 Å². The topological polar surface area (TPSA) is 41.6 Å². The third-order valence-electron chi connectivity index (χ3n) is 2.90. The molecule has 1 amide bonds. The van der Waals surface area contributed by atoms with Crippen molar-refractivity contribution in [3.05, 3.63) is 29.8 Å². The van der Waals surface area contributed by atoms with E-state index in [1.54, 1.807) is 12.1 Å². The molecule has 1 aromatic rings. The van der Waals surface area contributed by atoms with E-state index in [1.807, 2.05) is 33.2 Å². The Morgan fingerprint density at radius 3 is 2.50 bits per heavy atom. The molecule has 0 spiro atoms. The van der Waals surface area contributed by atoms with E-state index < -0.39 is 0 Å². The summed E-state index contributed by atoms with van der Waals surface area (Å²) in [6, 6.07) is 7.43. The van der Waals surface area contributed by atoms with Crippen molar-refractivity contribution < 1.29 is 9.53 Å². The van der Waals surface area contributed by atoms with Crippen molar-refractivity contribution >= 4 is 5.91 Å². The standard InChI is InChI=1S/C16H26N2O2/c1-5-6-11-20-15-9-7-14(8-10-15)16(19)17-13(2)12-18(3)4/h7-10,13H,5-6,11-12H2,1-4H3,(H,17,19). The van der Waals surface area contributed by atoms with Gasteiger partial charge in [0.15, 0.2) is 0 Å². The summed E-state index contributed by atoms with van der Waals surface area (Å²) in [5, 5.41) is 2.98. The largest absolute Gasteiger partial charge is 0.494 e. The second-order valence-electron chi connectivity index (χ2n) is 5.36. The Labute approximate surface area is 122 Å². The normalized spacial score (nSPS) is 12.2. The number of benzene rings is 1. The van der Waals surface area contributed by atoms with Gasteiger partial charge in [0.1, 0.15) is 5.75 Å². The van der Waals surface area contributed by atoms with Crippen molar-refractivity contribution in [1.82, 2.24) is 10.2 Å². The van der Waals surface area contributed by atoms with Gasteiger partial charge in [-0.3, -0.25) is 4.79 Å². The van der Waals surface area contributed by atoms with Gasteiger partial charge in [-0.25, -0.2) is 0 Å². The van der Waals surface area contributed by atoms with Crippen LogP contribution in [0.4, 0.5) is 0 Å². The third-order valence-corrected chi connectivity index (χ3v) is 2.90. The Morgan fingerprint density at radius 2 is 1.95 bits per heavy atom. The first-order valence-corrected chi connectivity index (χ1v) is 7.21. The molecule has 4 heteroatoms. The Balaban J connectivity index is 2.48. The fourth-order valence-electron chi connectivity index (χ4n) is 1.94. The lowest BCUT2D eigenvalue weighted by atomic mass is 10.2. The number of ether oxygens (including phenoxy) is 1. The molecule has 0 aliphatic heterocycles. The van der Waals surface area contributed by atoms with Crippen molar-refractivity contribution in [2.75, 3.05) is 27.2 Å². The lowest BCUT2D eigenvalue weighted by Crippen LogP contribution is -2.39. The summed E-state index contributed by atoms with van der Waals surface area (Å²) >= 11 is 0. The zero-order chi connectivity index (χ0) is 15.0. The lowest BCUT2D eigenvalue weighted by molar-refractivity contribution is 0.0934. The summed E-state index contributed by atoms with van der Waals surface area (Å²) in [5.41, 5.74) is 0.665. The molecule has 0 aromatic heterocycles. The van der Waals surface area contributed by atoms with Gasteiger partial charge in [0.05, 0.1) is 6.61 Å². The van der Waals surface area contributed by atoms with Crippen molar-refractivity contribution in [2.45, 2.75) is 32.7 Å². The van der Waals surface area contributed by atoms with Crippen LogP contribution in [0, 0.1) is 0 Å². The van der Waals surface area contributed by atoms with E-state index in [2.05, 4.69) is 17.1 Å². The molecule has 1 unspecified atom stereocenters. The summed E-state index contributed by atoms with van der Waals surface area (Å²) < 4.78 is 5.58. The molecule has 112 valence electrons. The molecule has 1 atom stereocenters. The number of carbonyl (C=O) groups excluding carboxylic acids is 1. The number of nitrogens with zero attached hydrogens (tertiary/aromatic N) is 1. The first-order valence-electron chi connectivity index (χ1n) is 7.21. The molecule has 0 saturated heterocycles. The maximum atomic E-state index is 12.0. The second kappa shape index (κ2) is 8.59. The van der Waals surface area contributed by atoms with E-state index in [4.69, 9.17) is 4.74 Å². The van der Waals surface area contributed by atoms with Crippen LogP contribution in [-0.4, -0.2) is 44.1 Å². The molecule has 0 bridgehead atoms. The van der Waals surface area contributed by atoms with Crippen LogP contribution in [0.3, 0.4) is 0 Å². The van der Waals surface area contributed by atoms with Crippen LogP contribution in [0.1, 0.15) is 37.0 Å². The van der Waals surface area contributed by atoms with Gasteiger partial charge >= 0.3 is 0 Å². The van der Waals surface area contributed by atoms with Gasteiger partial charge in [0, 0.05) is 18.2 Å². The van der Waals surface area contributed by atoms with Gasteiger partial charge < -0.3 is 15.0 Å². The van der Waals surface area contributed by atoms with Gasteiger partial charge in [0.25, 0.3) is 5.91 Å². The van der Waals surface area contributed by atoms with Crippen molar-refractivity contribution in [3.63, 3.8) is 0 Å². The minimum Gasteiger partial charge on any atom is -0.494 e. The van der Waals surface area contributed by atoms with Gasteiger partial charge in [0.2, 0.25) is 0 Å². The van der Waals surface area contributed by atoms with Crippen LogP contribution >= 0.6 is 0 Å². The highest BCUT2D eigenvalue weighted by atomic mass is 16.5. The van der Waals surface area contributed by atoms with E-state index in [-0.39, 0.29) is 11.9 Å². The Kier molecular flexibility index (Phi) is 7.09. The lowest BCUT2D eigenvalue weighted by Gasteiger charge is -2.18. The van der Waals surface area contributed by atoms with Crippen LogP contribution in [0.2, 0.25) is 0 Å². The van der Waals surface area contributed by atoms with E-state index >= 15 is 0 Å². The summed E-state index contributed by atoms with van der Waals surface area (Å²) in [5.74, 6) is 0.774. The van der Waals surface area contributed by atoms with Crippen molar-refractivity contribution in [2.24, 2.45) is 0 Å². The maximum Gasteiger partial charge on any atom is 0.251 e. The molecule has 0 heterocycles. The summed E-state index contributed by atoms with van der Waals surface area (Å²) in [6.07, 6.45) is 2.16. The van der Waals surface area contributed by atoms with Crippen molar-refractivity contribution in [3.8, 4) is 5.75 Å². The molecule has 1 rings (SSSR count). The molecule has 0 fully saturated rings. The number of hydrogen-bond donors (Lipinski definition) is 1. The van der Waals surface area contributed by atoms with Gasteiger partial charge in [-0.15, -0.1) is 0 Å². The monoisotopic (exact) mass is 278 g/mol. The van der Waals surface area contributed by atoms with Crippen LogP contribution in [0.25, 0.3) is 0 Å². The average molecular weight is 278 g/mol. The zero-order valence-electron chi connectivity index (χ0n) is 13.0. The maximum absolute atomic E-state index is 12.0. The van der Waals surface area contributed by atoms with E-state index in [1.165, 1.54) is 0 Å². The van der Waals surface area contributed by atoms with Crippen molar-refractivity contribution in [1.29, 1.82) is 0 Å². The molecule has 0 radical (unpaired) electrons. The van der Waals surface area contributed by atoms with Crippen LogP contribution in [-0.2, 0) is 0 Å². The molecule has 4 nitrogen and oxygen atoms in total. The van der Waals surface area contributed by atoms with Gasteiger partial charge in [-0.2, -0.15) is 0 Å².